The molecule has 0 aliphatic carbocycles. The largest absolute Gasteiger partial charge is 0.296 e. The summed E-state index contributed by atoms with van der Waals surface area (Å²) in [4.78, 5) is 23.9. The van der Waals surface area contributed by atoms with Crippen molar-refractivity contribution < 1.29 is 9.59 Å². The Labute approximate surface area is 114 Å². The topological polar surface area (TPSA) is 46.2 Å². The number of rotatable bonds is 4. The van der Waals surface area contributed by atoms with Gasteiger partial charge in [0, 0.05) is 12.3 Å². The summed E-state index contributed by atoms with van der Waals surface area (Å²) in [5.74, 6) is -0.343. The average Bonchev–Trinajstić information content (AvgIpc) is 2.43. The lowest BCUT2D eigenvalue weighted by Crippen LogP contribution is -2.52. The molecule has 1 unspecified atom stereocenters. The predicted octanol–water partition coefficient (Wildman–Crippen LogP) is 2.70. The van der Waals surface area contributed by atoms with Gasteiger partial charge in [0.2, 0.25) is 11.8 Å². The number of hydrogen-bond acceptors (Lipinski definition) is 2. The molecule has 1 aromatic rings. The Morgan fingerprint density at radius 2 is 1.79 bits per heavy atom. The van der Waals surface area contributed by atoms with Crippen LogP contribution in [-0.2, 0) is 16.0 Å². The molecule has 3 nitrogen and oxygen atoms in total. The van der Waals surface area contributed by atoms with E-state index in [0.717, 1.165) is 18.4 Å². The zero-order valence-corrected chi connectivity index (χ0v) is 11.6. The molecule has 1 N–H and O–H groups in total. The number of piperidine rings is 1. The molecule has 3 heteroatoms. The minimum absolute atomic E-state index is 0.108. The molecule has 1 saturated heterocycles. The third kappa shape index (κ3) is 2.70. The second-order valence-corrected chi connectivity index (χ2v) is 5.40. The van der Waals surface area contributed by atoms with Crippen molar-refractivity contribution in [1.29, 1.82) is 0 Å². The molecule has 1 aromatic carbocycles. The van der Waals surface area contributed by atoms with E-state index in [9.17, 15) is 9.59 Å². The van der Waals surface area contributed by atoms with Crippen molar-refractivity contribution in [2.45, 2.75) is 39.5 Å². The highest BCUT2D eigenvalue weighted by molar-refractivity contribution is 5.99. The second kappa shape index (κ2) is 5.55. The number of nitrogens with one attached hydrogen (secondary N) is 1. The summed E-state index contributed by atoms with van der Waals surface area (Å²) in [5.41, 5.74) is 0.971. The fraction of sp³-hybridized carbons (Fsp3) is 0.500. The summed E-state index contributed by atoms with van der Waals surface area (Å²) in [5, 5.41) is 2.50. The van der Waals surface area contributed by atoms with Crippen LogP contribution < -0.4 is 5.32 Å². The van der Waals surface area contributed by atoms with Crippen molar-refractivity contribution >= 4 is 11.8 Å². The second-order valence-electron chi connectivity index (χ2n) is 5.40. The maximum atomic E-state index is 12.2. The first-order valence-corrected chi connectivity index (χ1v) is 6.99. The molecule has 2 rings (SSSR count). The van der Waals surface area contributed by atoms with Crippen molar-refractivity contribution in [3.05, 3.63) is 35.9 Å². The monoisotopic (exact) mass is 259 g/mol. The summed E-state index contributed by atoms with van der Waals surface area (Å²) in [6.45, 7) is 4.15. The number of hydrogen-bond donors (Lipinski definition) is 1. The van der Waals surface area contributed by atoms with Gasteiger partial charge in [0.1, 0.15) is 0 Å². The van der Waals surface area contributed by atoms with Crippen LogP contribution in [0.25, 0.3) is 0 Å². The van der Waals surface area contributed by atoms with Crippen LogP contribution in [0.5, 0.6) is 0 Å². The van der Waals surface area contributed by atoms with Crippen LogP contribution in [0, 0.1) is 11.3 Å². The van der Waals surface area contributed by atoms with Gasteiger partial charge < -0.3 is 0 Å². The lowest BCUT2D eigenvalue weighted by atomic mass is 9.64. The minimum Gasteiger partial charge on any atom is -0.296 e. The number of imide groups is 1. The number of benzene rings is 1. The van der Waals surface area contributed by atoms with Crippen molar-refractivity contribution in [2.24, 2.45) is 11.3 Å². The Morgan fingerprint density at radius 3 is 2.37 bits per heavy atom. The van der Waals surface area contributed by atoms with E-state index in [2.05, 4.69) is 19.2 Å². The molecule has 0 spiro atoms. The van der Waals surface area contributed by atoms with Crippen LogP contribution >= 0.6 is 0 Å². The maximum absolute atomic E-state index is 12.2. The van der Waals surface area contributed by atoms with Crippen LogP contribution in [0.1, 0.15) is 38.7 Å². The lowest BCUT2D eigenvalue weighted by Gasteiger charge is -2.41. The zero-order valence-electron chi connectivity index (χ0n) is 11.6. The molecular formula is C16H21NO2. The van der Waals surface area contributed by atoms with Crippen LogP contribution in [0.15, 0.2) is 30.3 Å². The van der Waals surface area contributed by atoms with Gasteiger partial charge in [-0.3, -0.25) is 14.9 Å². The number of carbonyl (C=O) groups excluding carboxylic acids is 2. The third-order valence-corrected chi connectivity index (χ3v) is 4.52. The molecule has 1 aliphatic rings. The molecule has 0 radical (unpaired) electrons. The van der Waals surface area contributed by atoms with Crippen molar-refractivity contribution in [1.82, 2.24) is 5.32 Å². The Bertz CT molecular complexity index is 463. The molecular weight excluding hydrogens is 238 g/mol. The number of amides is 2. The van der Waals surface area contributed by atoms with Gasteiger partial charge in [-0.25, -0.2) is 0 Å². The van der Waals surface area contributed by atoms with Crippen molar-refractivity contribution in [3.8, 4) is 0 Å². The highest BCUT2D eigenvalue weighted by Gasteiger charge is 2.45. The summed E-state index contributed by atoms with van der Waals surface area (Å²) in [7, 11) is 0. The summed E-state index contributed by atoms with van der Waals surface area (Å²) < 4.78 is 0. The van der Waals surface area contributed by atoms with E-state index in [1.807, 2.05) is 30.3 Å². The van der Waals surface area contributed by atoms with E-state index in [-0.39, 0.29) is 23.1 Å². The Balaban J connectivity index is 2.28. The van der Waals surface area contributed by atoms with E-state index in [4.69, 9.17) is 0 Å². The molecule has 1 atom stereocenters. The van der Waals surface area contributed by atoms with E-state index < -0.39 is 0 Å². The smallest absolute Gasteiger partial charge is 0.230 e. The van der Waals surface area contributed by atoms with Gasteiger partial charge in [-0.1, -0.05) is 44.2 Å². The highest BCUT2D eigenvalue weighted by atomic mass is 16.2. The van der Waals surface area contributed by atoms with Gasteiger partial charge >= 0.3 is 0 Å². The molecule has 0 bridgehead atoms. The van der Waals surface area contributed by atoms with Gasteiger partial charge in [0.05, 0.1) is 0 Å². The van der Waals surface area contributed by atoms with Gasteiger partial charge in [-0.2, -0.15) is 0 Å². The van der Waals surface area contributed by atoms with Gasteiger partial charge in [-0.15, -0.1) is 0 Å². The first kappa shape index (κ1) is 13.8. The lowest BCUT2D eigenvalue weighted by molar-refractivity contribution is -0.144. The van der Waals surface area contributed by atoms with E-state index in [1.165, 1.54) is 0 Å². The normalized spacial score (nSPS) is 22.1. The quantitative estimate of drug-likeness (QED) is 0.845. The first-order chi connectivity index (χ1) is 9.11. The molecule has 1 fully saturated rings. The van der Waals surface area contributed by atoms with Crippen LogP contribution in [0.2, 0.25) is 0 Å². The molecule has 19 heavy (non-hydrogen) atoms. The fourth-order valence-corrected chi connectivity index (χ4v) is 3.14. The van der Waals surface area contributed by atoms with Crippen LogP contribution in [0.3, 0.4) is 0 Å². The Kier molecular flexibility index (Phi) is 4.03. The summed E-state index contributed by atoms with van der Waals surface area (Å²) >= 11 is 0. The minimum atomic E-state index is -0.185. The Morgan fingerprint density at radius 1 is 1.16 bits per heavy atom. The predicted molar refractivity (Wildman–Crippen MR) is 74.4 cm³/mol. The Hall–Kier alpha value is -1.64. The van der Waals surface area contributed by atoms with Gasteiger partial charge in [0.25, 0.3) is 0 Å². The van der Waals surface area contributed by atoms with Crippen LogP contribution in [0.4, 0.5) is 0 Å². The zero-order chi connectivity index (χ0) is 13.9. The standard InChI is InChI=1S/C16H21NO2/c1-3-16(4-2)11-14(18)17-15(19)13(16)10-12-8-6-5-7-9-12/h5-9,13H,3-4,10-11H2,1-2H3,(H,17,18,19). The van der Waals surface area contributed by atoms with Gasteiger partial charge in [-0.05, 0) is 30.2 Å². The maximum Gasteiger partial charge on any atom is 0.230 e. The van der Waals surface area contributed by atoms with E-state index in [1.54, 1.807) is 0 Å². The first-order valence-electron chi connectivity index (χ1n) is 6.99. The molecule has 0 saturated carbocycles. The molecule has 1 aliphatic heterocycles. The molecule has 0 aromatic heterocycles. The van der Waals surface area contributed by atoms with Gasteiger partial charge in [0.15, 0.2) is 0 Å². The van der Waals surface area contributed by atoms with E-state index >= 15 is 0 Å². The number of carbonyl (C=O) groups is 2. The summed E-state index contributed by atoms with van der Waals surface area (Å²) in [6, 6.07) is 10.0. The van der Waals surface area contributed by atoms with E-state index in [0.29, 0.717) is 12.8 Å². The van der Waals surface area contributed by atoms with Crippen LogP contribution in [-0.4, -0.2) is 11.8 Å². The average molecular weight is 259 g/mol. The fourth-order valence-electron chi connectivity index (χ4n) is 3.14. The van der Waals surface area contributed by atoms with Crippen molar-refractivity contribution in [3.63, 3.8) is 0 Å². The van der Waals surface area contributed by atoms with Crippen molar-refractivity contribution in [2.75, 3.05) is 0 Å². The highest BCUT2D eigenvalue weighted by Crippen LogP contribution is 2.42. The molecule has 102 valence electrons. The molecule has 1 heterocycles. The molecule has 2 amide bonds. The SMILES string of the molecule is CCC1(CC)CC(=O)NC(=O)C1Cc1ccccc1. The third-order valence-electron chi connectivity index (χ3n) is 4.52. The summed E-state index contributed by atoms with van der Waals surface area (Å²) in [6.07, 6.45) is 2.89.